The van der Waals surface area contributed by atoms with Crippen molar-refractivity contribution in [1.29, 1.82) is 0 Å². The van der Waals surface area contributed by atoms with E-state index in [-0.39, 0.29) is 5.92 Å². The standard InChI is InChI=1S/C12H13NO4/c14-11(8-3-4-16-6-8)7-1-2-9-10(5-7)17-12(15)13-9/h1-2,5,8,11,14H,3-4,6H2,(H,13,15). The number of aliphatic hydroxyl groups is 1. The van der Waals surface area contributed by atoms with Crippen molar-refractivity contribution in [3.8, 4) is 0 Å². The summed E-state index contributed by atoms with van der Waals surface area (Å²) in [6, 6.07) is 5.25. The Hall–Kier alpha value is -1.59. The molecule has 1 aromatic heterocycles. The van der Waals surface area contributed by atoms with Gasteiger partial charge in [-0.3, -0.25) is 4.98 Å². The summed E-state index contributed by atoms with van der Waals surface area (Å²) in [6.45, 7) is 1.28. The van der Waals surface area contributed by atoms with Crippen LogP contribution in [-0.4, -0.2) is 23.3 Å². The maximum Gasteiger partial charge on any atom is 0.417 e. The van der Waals surface area contributed by atoms with E-state index in [4.69, 9.17) is 9.15 Å². The number of hydrogen-bond donors (Lipinski definition) is 2. The van der Waals surface area contributed by atoms with Crippen molar-refractivity contribution < 1.29 is 14.3 Å². The molecule has 1 aliphatic heterocycles. The molecule has 2 heterocycles. The van der Waals surface area contributed by atoms with Crippen molar-refractivity contribution >= 4 is 11.1 Å². The highest BCUT2D eigenvalue weighted by Crippen LogP contribution is 2.29. The lowest BCUT2D eigenvalue weighted by molar-refractivity contribution is 0.0918. The summed E-state index contributed by atoms with van der Waals surface area (Å²) in [7, 11) is 0. The summed E-state index contributed by atoms with van der Waals surface area (Å²) < 4.78 is 10.2. The first kappa shape index (κ1) is 10.6. The van der Waals surface area contributed by atoms with Gasteiger partial charge in [0.2, 0.25) is 0 Å². The Labute approximate surface area is 97.0 Å². The highest BCUT2D eigenvalue weighted by Gasteiger charge is 2.25. The normalized spacial score (nSPS) is 22.1. The zero-order valence-corrected chi connectivity index (χ0v) is 9.18. The van der Waals surface area contributed by atoms with Gasteiger partial charge >= 0.3 is 5.76 Å². The van der Waals surface area contributed by atoms with Gasteiger partial charge in [-0.15, -0.1) is 0 Å². The summed E-state index contributed by atoms with van der Waals surface area (Å²) in [6.07, 6.45) is 0.290. The number of H-pyrrole nitrogens is 1. The third-order valence-electron chi connectivity index (χ3n) is 3.20. The highest BCUT2D eigenvalue weighted by atomic mass is 16.5. The van der Waals surface area contributed by atoms with Crippen LogP contribution in [0.2, 0.25) is 0 Å². The molecular formula is C12H13NO4. The molecule has 0 aliphatic carbocycles. The molecule has 2 aromatic rings. The largest absolute Gasteiger partial charge is 0.417 e. The molecule has 1 aliphatic rings. The van der Waals surface area contributed by atoms with Crippen LogP contribution >= 0.6 is 0 Å². The molecule has 17 heavy (non-hydrogen) atoms. The molecule has 0 radical (unpaired) electrons. The highest BCUT2D eigenvalue weighted by molar-refractivity contribution is 5.72. The number of nitrogens with one attached hydrogen (secondary N) is 1. The predicted octanol–water partition coefficient (Wildman–Crippen LogP) is 1.19. The molecule has 3 rings (SSSR count). The molecule has 1 fully saturated rings. The molecule has 90 valence electrons. The van der Waals surface area contributed by atoms with Crippen LogP contribution in [0, 0.1) is 5.92 Å². The first-order valence-electron chi connectivity index (χ1n) is 5.62. The lowest BCUT2D eigenvalue weighted by Crippen LogP contribution is -2.12. The molecule has 2 N–H and O–H groups in total. The minimum atomic E-state index is -0.567. The Morgan fingerprint density at radius 1 is 1.47 bits per heavy atom. The SMILES string of the molecule is O=c1[nH]c2ccc(C(O)C3CCOC3)cc2o1. The zero-order chi connectivity index (χ0) is 11.8. The van der Waals surface area contributed by atoms with E-state index in [1.54, 1.807) is 18.2 Å². The van der Waals surface area contributed by atoms with Gasteiger partial charge in [0.05, 0.1) is 18.2 Å². The Morgan fingerprint density at radius 2 is 2.35 bits per heavy atom. The molecular weight excluding hydrogens is 222 g/mol. The van der Waals surface area contributed by atoms with E-state index in [0.717, 1.165) is 12.0 Å². The predicted molar refractivity (Wildman–Crippen MR) is 60.7 cm³/mol. The molecule has 2 unspecified atom stereocenters. The van der Waals surface area contributed by atoms with E-state index in [1.807, 2.05) is 0 Å². The molecule has 5 nitrogen and oxygen atoms in total. The van der Waals surface area contributed by atoms with Crippen LogP contribution in [0.15, 0.2) is 27.4 Å². The number of aromatic amines is 1. The molecule has 0 saturated carbocycles. The summed E-state index contributed by atoms with van der Waals surface area (Å²) in [5.74, 6) is -0.353. The zero-order valence-electron chi connectivity index (χ0n) is 9.18. The number of hydrogen-bond acceptors (Lipinski definition) is 4. The van der Waals surface area contributed by atoms with E-state index < -0.39 is 11.9 Å². The summed E-state index contributed by atoms with van der Waals surface area (Å²) >= 11 is 0. The van der Waals surface area contributed by atoms with Crippen LogP contribution in [0.4, 0.5) is 0 Å². The second kappa shape index (κ2) is 4.01. The van der Waals surface area contributed by atoms with Crippen LogP contribution in [0.25, 0.3) is 11.1 Å². The number of rotatable bonds is 2. The maximum atomic E-state index is 11.0. The lowest BCUT2D eigenvalue weighted by Gasteiger charge is -2.16. The number of aromatic nitrogens is 1. The van der Waals surface area contributed by atoms with Gasteiger partial charge in [-0.05, 0) is 24.1 Å². The number of fused-ring (bicyclic) bond motifs is 1. The molecule has 2 atom stereocenters. The first-order chi connectivity index (χ1) is 8.24. The Kier molecular flexibility index (Phi) is 2.49. The van der Waals surface area contributed by atoms with Gasteiger partial charge in [-0.25, -0.2) is 4.79 Å². The van der Waals surface area contributed by atoms with E-state index in [9.17, 15) is 9.90 Å². The van der Waals surface area contributed by atoms with E-state index >= 15 is 0 Å². The minimum absolute atomic E-state index is 0.123. The summed E-state index contributed by atoms with van der Waals surface area (Å²) in [5, 5.41) is 10.2. The second-order valence-corrected chi connectivity index (χ2v) is 4.34. The van der Waals surface area contributed by atoms with Crippen LogP contribution in [0.5, 0.6) is 0 Å². The van der Waals surface area contributed by atoms with Crippen molar-refractivity contribution in [3.63, 3.8) is 0 Å². The number of ether oxygens (including phenoxy) is 1. The molecule has 0 spiro atoms. The van der Waals surface area contributed by atoms with Gasteiger partial charge in [0.25, 0.3) is 0 Å². The van der Waals surface area contributed by atoms with Gasteiger partial charge in [0.1, 0.15) is 0 Å². The number of oxazole rings is 1. The topological polar surface area (TPSA) is 75.5 Å². The third kappa shape index (κ3) is 1.87. The van der Waals surface area contributed by atoms with Crippen molar-refractivity contribution in [1.82, 2.24) is 4.98 Å². The number of aliphatic hydroxyl groups excluding tert-OH is 1. The second-order valence-electron chi connectivity index (χ2n) is 4.34. The average Bonchev–Trinajstić information content (AvgIpc) is 2.94. The van der Waals surface area contributed by atoms with Crippen LogP contribution in [0.3, 0.4) is 0 Å². The van der Waals surface area contributed by atoms with Gasteiger partial charge < -0.3 is 14.3 Å². The van der Waals surface area contributed by atoms with Gasteiger partial charge in [-0.2, -0.15) is 0 Å². The molecule has 5 heteroatoms. The minimum Gasteiger partial charge on any atom is -0.408 e. The van der Waals surface area contributed by atoms with Crippen LogP contribution < -0.4 is 5.76 Å². The Morgan fingerprint density at radius 3 is 3.12 bits per heavy atom. The van der Waals surface area contributed by atoms with Gasteiger partial charge in [-0.1, -0.05) is 6.07 Å². The monoisotopic (exact) mass is 235 g/mol. The van der Waals surface area contributed by atoms with Crippen molar-refractivity contribution in [2.24, 2.45) is 5.92 Å². The molecule has 1 aromatic carbocycles. The van der Waals surface area contributed by atoms with Gasteiger partial charge in [0.15, 0.2) is 5.58 Å². The maximum absolute atomic E-state index is 11.0. The van der Waals surface area contributed by atoms with E-state index in [0.29, 0.717) is 24.3 Å². The van der Waals surface area contributed by atoms with Crippen molar-refractivity contribution in [2.45, 2.75) is 12.5 Å². The Balaban J connectivity index is 1.96. The fourth-order valence-corrected chi connectivity index (χ4v) is 2.22. The fraction of sp³-hybridized carbons (Fsp3) is 0.417. The van der Waals surface area contributed by atoms with E-state index in [2.05, 4.69) is 4.98 Å². The smallest absolute Gasteiger partial charge is 0.408 e. The van der Waals surface area contributed by atoms with Crippen LogP contribution in [-0.2, 0) is 4.74 Å². The van der Waals surface area contributed by atoms with Crippen LogP contribution in [0.1, 0.15) is 18.1 Å². The summed E-state index contributed by atoms with van der Waals surface area (Å²) in [5.41, 5.74) is 1.88. The molecule has 0 bridgehead atoms. The first-order valence-corrected chi connectivity index (χ1v) is 5.62. The fourth-order valence-electron chi connectivity index (χ4n) is 2.22. The van der Waals surface area contributed by atoms with Crippen molar-refractivity contribution in [3.05, 3.63) is 34.3 Å². The molecule has 1 saturated heterocycles. The third-order valence-corrected chi connectivity index (χ3v) is 3.20. The lowest BCUT2D eigenvalue weighted by atomic mass is 9.95. The molecule has 0 amide bonds. The summed E-state index contributed by atoms with van der Waals surface area (Å²) in [4.78, 5) is 13.6. The quantitative estimate of drug-likeness (QED) is 0.819. The van der Waals surface area contributed by atoms with E-state index in [1.165, 1.54) is 0 Å². The van der Waals surface area contributed by atoms with Gasteiger partial charge in [0, 0.05) is 12.5 Å². The average molecular weight is 235 g/mol. The number of benzene rings is 1. The van der Waals surface area contributed by atoms with Crippen molar-refractivity contribution in [2.75, 3.05) is 13.2 Å². The Bertz CT molecular complexity index is 579.